The summed E-state index contributed by atoms with van der Waals surface area (Å²) in [5.41, 5.74) is 1.32. The Kier molecular flexibility index (Phi) is 5.01. The number of fused-ring (bicyclic) bond motifs is 1. The molecule has 0 amide bonds. The first-order valence-corrected chi connectivity index (χ1v) is 9.42. The monoisotopic (exact) mass is 377 g/mol. The first kappa shape index (κ1) is 18.0. The van der Waals surface area contributed by atoms with Crippen molar-refractivity contribution >= 4 is 21.1 Å². The zero-order chi connectivity index (χ0) is 18.7. The van der Waals surface area contributed by atoms with Crippen LogP contribution in [0.1, 0.15) is 12.5 Å². The lowest BCUT2D eigenvalue weighted by atomic mass is 10.2. The topological polar surface area (TPSA) is 113 Å². The first-order valence-electron chi connectivity index (χ1n) is 7.94. The summed E-state index contributed by atoms with van der Waals surface area (Å²) in [6, 6.07) is 9.62. The Balaban J connectivity index is 1.79. The number of sulfonamides is 1. The van der Waals surface area contributed by atoms with Crippen molar-refractivity contribution in [2.75, 3.05) is 13.7 Å². The number of nitrogens with one attached hydrogen (secondary N) is 3. The van der Waals surface area contributed by atoms with Crippen LogP contribution in [0.5, 0.6) is 11.5 Å². The van der Waals surface area contributed by atoms with Gasteiger partial charge in [-0.25, -0.2) is 17.9 Å². The van der Waals surface area contributed by atoms with Crippen molar-refractivity contribution in [3.05, 3.63) is 52.4 Å². The molecular weight excluding hydrogens is 358 g/mol. The van der Waals surface area contributed by atoms with Crippen LogP contribution >= 0.6 is 0 Å². The Hall–Kier alpha value is -2.78. The molecule has 0 fully saturated rings. The highest BCUT2D eigenvalue weighted by atomic mass is 32.2. The molecule has 8 nitrogen and oxygen atoms in total. The molecule has 3 aromatic rings. The van der Waals surface area contributed by atoms with Crippen molar-refractivity contribution in [2.45, 2.75) is 18.4 Å². The fourth-order valence-corrected chi connectivity index (χ4v) is 3.58. The quantitative estimate of drug-likeness (QED) is 0.580. The summed E-state index contributed by atoms with van der Waals surface area (Å²) in [7, 11) is -2.21. The third kappa shape index (κ3) is 3.73. The summed E-state index contributed by atoms with van der Waals surface area (Å²) >= 11 is 0. The zero-order valence-electron chi connectivity index (χ0n) is 14.3. The molecule has 0 saturated heterocycles. The smallest absolute Gasteiger partial charge is 0.323 e. The molecule has 0 aliphatic heterocycles. The van der Waals surface area contributed by atoms with E-state index in [1.807, 2.05) is 6.92 Å². The fraction of sp³-hybridized carbons (Fsp3) is 0.235. The molecule has 0 aliphatic carbocycles. The lowest BCUT2D eigenvalue weighted by Crippen LogP contribution is -2.23. The summed E-state index contributed by atoms with van der Waals surface area (Å²) in [6.45, 7) is 2.47. The maximum atomic E-state index is 12.5. The summed E-state index contributed by atoms with van der Waals surface area (Å²) in [6.07, 6.45) is 0. The van der Waals surface area contributed by atoms with Gasteiger partial charge >= 0.3 is 5.69 Å². The molecule has 0 bridgehead atoms. The van der Waals surface area contributed by atoms with Gasteiger partial charge in [0.25, 0.3) is 0 Å². The summed E-state index contributed by atoms with van der Waals surface area (Å²) in [5, 5.41) is 0. The van der Waals surface area contributed by atoms with Crippen molar-refractivity contribution in [1.82, 2.24) is 14.7 Å². The average Bonchev–Trinajstić information content (AvgIpc) is 3.00. The number of hydrogen-bond donors (Lipinski definition) is 3. The second kappa shape index (κ2) is 7.22. The van der Waals surface area contributed by atoms with E-state index in [1.54, 1.807) is 24.3 Å². The second-order valence-corrected chi connectivity index (χ2v) is 7.30. The molecule has 3 N–H and O–H groups in total. The molecule has 9 heteroatoms. The largest absolute Gasteiger partial charge is 0.493 e. The number of aromatic nitrogens is 2. The van der Waals surface area contributed by atoms with Crippen LogP contribution in [0.3, 0.4) is 0 Å². The molecule has 2 aromatic carbocycles. The minimum Gasteiger partial charge on any atom is -0.493 e. The SMILES string of the molecule is CCOc1ccc(CNS(=O)(=O)c2ccc3[nH]c(=O)[nH]c3c2)cc1OC. The van der Waals surface area contributed by atoms with E-state index in [1.165, 1.54) is 19.2 Å². The van der Waals surface area contributed by atoms with Crippen LogP contribution in [0.15, 0.2) is 46.1 Å². The average molecular weight is 377 g/mol. The van der Waals surface area contributed by atoms with Crippen molar-refractivity contribution in [1.29, 1.82) is 0 Å². The minimum atomic E-state index is -3.74. The predicted molar refractivity (Wildman–Crippen MR) is 97.1 cm³/mol. The highest BCUT2D eigenvalue weighted by Crippen LogP contribution is 2.28. The molecule has 0 atom stereocenters. The first-order chi connectivity index (χ1) is 12.4. The number of H-pyrrole nitrogens is 2. The molecule has 26 heavy (non-hydrogen) atoms. The van der Waals surface area contributed by atoms with E-state index >= 15 is 0 Å². The number of hydrogen-bond acceptors (Lipinski definition) is 5. The lowest BCUT2D eigenvalue weighted by Gasteiger charge is -2.12. The van der Waals surface area contributed by atoms with Crippen LogP contribution in [0.2, 0.25) is 0 Å². The van der Waals surface area contributed by atoms with Gasteiger partial charge in [-0.15, -0.1) is 0 Å². The predicted octanol–water partition coefficient (Wildman–Crippen LogP) is 1.74. The molecule has 1 heterocycles. The van der Waals surface area contributed by atoms with Crippen LogP contribution in [0.4, 0.5) is 0 Å². The van der Waals surface area contributed by atoms with Crippen molar-refractivity contribution in [3.63, 3.8) is 0 Å². The van der Waals surface area contributed by atoms with E-state index in [9.17, 15) is 13.2 Å². The maximum absolute atomic E-state index is 12.5. The highest BCUT2D eigenvalue weighted by Gasteiger charge is 2.15. The van der Waals surface area contributed by atoms with E-state index in [4.69, 9.17) is 9.47 Å². The molecule has 0 radical (unpaired) electrons. The Morgan fingerprint density at radius 1 is 1.04 bits per heavy atom. The number of benzene rings is 2. The Bertz CT molecular complexity index is 1090. The van der Waals surface area contributed by atoms with Crippen molar-refractivity contribution in [3.8, 4) is 11.5 Å². The minimum absolute atomic E-state index is 0.0677. The molecule has 3 rings (SSSR count). The van der Waals surface area contributed by atoms with Gasteiger partial charge in [0.1, 0.15) is 0 Å². The number of methoxy groups -OCH3 is 1. The van der Waals surface area contributed by atoms with Crippen molar-refractivity contribution < 1.29 is 17.9 Å². The molecule has 0 aliphatic rings. The standard InChI is InChI=1S/C17H19N3O5S/c1-3-25-15-7-4-11(8-16(15)24-2)10-18-26(22,23)12-5-6-13-14(9-12)20-17(21)19-13/h4-9,18H,3,10H2,1-2H3,(H2,19,20,21). The van der Waals surface area contributed by atoms with E-state index < -0.39 is 10.0 Å². The second-order valence-electron chi connectivity index (χ2n) is 5.53. The number of rotatable bonds is 7. The van der Waals surface area contributed by atoms with Gasteiger partial charge in [-0.05, 0) is 42.8 Å². The van der Waals surface area contributed by atoms with E-state index in [0.717, 1.165) is 5.56 Å². The lowest BCUT2D eigenvalue weighted by molar-refractivity contribution is 0.310. The van der Waals surface area contributed by atoms with E-state index in [2.05, 4.69) is 14.7 Å². The molecule has 0 saturated carbocycles. The van der Waals surface area contributed by atoms with Crippen LogP contribution in [0, 0.1) is 0 Å². The van der Waals surface area contributed by atoms with E-state index in [0.29, 0.717) is 29.1 Å². The molecule has 138 valence electrons. The Labute approximate surface area is 150 Å². The normalized spacial score (nSPS) is 11.6. The van der Waals surface area contributed by atoms with Crippen LogP contribution in [0.25, 0.3) is 11.0 Å². The summed E-state index contributed by atoms with van der Waals surface area (Å²) in [5.74, 6) is 1.14. The third-order valence-corrected chi connectivity index (χ3v) is 5.19. The molecule has 0 unspecified atom stereocenters. The highest BCUT2D eigenvalue weighted by molar-refractivity contribution is 7.89. The van der Waals surface area contributed by atoms with Gasteiger partial charge in [0.2, 0.25) is 10.0 Å². The number of ether oxygens (including phenoxy) is 2. The Morgan fingerprint density at radius 2 is 1.81 bits per heavy atom. The van der Waals surface area contributed by atoms with Gasteiger partial charge in [0.05, 0.1) is 29.6 Å². The summed E-state index contributed by atoms with van der Waals surface area (Å²) < 4.78 is 38.3. The van der Waals surface area contributed by atoms with Gasteiger partial charge in [-0.3, -0.25) is 0 Å². The van der Waals surface area contributed by atoms with Crippen LogP contribution in [-0.2, 0) is 16.6 Å². The van der Waals surface area contributed by atoms with Gasteiger partial charge < -0.3 is 19.4 Å². The molecular formula is C17H19N3O5S. The molecule has 0 spiro atoms. The van der Waals surface area contributed by atoms with Crippen molar-refractivity contribution in [2.24, 2.45) is 0 Å². The maximum Gasteiger partial charge on any atom is 0.323 e. The van der Waals surface area contributed by atoms with E-state index in [-0.39, 0.29) is 17.1 Å². The summed E-state index contributed by atoms with van der Waals surface area (Å²) in [4.78, 5) is 16.5. The molecule has 1 aromatic heterocycles. The van der Waals surface area contributed by atoms with Gasteiger partial charge in [0.15, 0.2) is 11.5 Å². The van der Waals surface area contributed by atoms with Crippen LogP contribution < -0.4 is 19.9 Å². The zero-order valence-corrected chi connectivity index (χ0v) is 15.1. The third-order valence-electron chi connectivity index (χ3n) is 3.79. The van der Waals surface area contributed by atoms with Gasteiger partial charge in [0, 0.05) is 6.54 Å². The fourth-order valence-electron chi connectivity index (χ4n) is 2.54. The van der Waals surface area contributed by atoms with Crippen LogP contribution in [-0.4, -0.2) is 32.1 Å². The van der Waals surface area contributed by atoms with Gasteiger partial charge in [-0.2, -0.15) is 0 Å². The van der Waals surface area contributed by atoms with Gasteiger partial charge in [-0.1, -0.05) is 6.07 Å². The Morgan fingerprint density at radius 3 is 2.54 bits per heavy atom. The number of aromatic amines is 2. The number of imidazole rings is 1.